The quantitative estimate of drug-likeness (QED) is 0.690. The first-order valence-corrected chi connectivity index (χ1v) is 11.1. The summed E-state index contributed by atoms with van der Waals surface area (Å²) in [5.74, 6) is 0.307. The molecule has 1 unspecified atom stereocenters. The topological polar surface area (TPSA) is 84.7 Å². The zero-order chi connectivity index (χ0) is 20.9. The minimum Gasteiger partial charge on any atom is -0.343 e. The largest absolute Gasteiger partial charge is 0.343 e. The molecule has 1 saturated heterocycles. The SMILES string of the molecule is CC(C)c1ccc(S(=O)(=O)N2CCN(C(C)C(=O)N(C)CCC#N)CC2)cc1. The number of rotatable bonds is 7. The Morgan fingerprint density at radius 2 is 1.71 bits per heavy atom. The maximum atomic E-state index is 12.9. The van der Waals surface area contributed by atoms with E-state index in [1.54, 1.807) is 24.1 Å². The molecule has 0 saturated carbocycles. The van der Waals surface area contributed by atoms with Crippen molar-refractivity contribution in [2.45, 2.75) is 44.0 Å². The first kappa shape index (κ1) is 22.3. The Hall–Kier alpha value is -1.95. The summed E-state index contributed by atoms with van der Waals surface area (Å²) in [5, 5.41) is 8.66. The first-order valence-electron chi connectivity index (χ1n) is 9.64. The highest BCUT2D eigenvalue weighted by Crippen LogP contribution is 2.21. The van der Waals surface area contributed by atoms with Gasteiger partial charge in [-0.15, -0.1) is 0 Å². The number of carbonyl (C=O) groups is 1. The third-order valence-corrected chi connectivity index (χ3v) is 7.21. The van der Waals surface area contributed by atoms with Crippen molar-refractivity contribution in [3.05, 3.63) is 29.8 Å². The summed E-state index contributed by atoms with van der Waals surface area (Å²) in [6.45, 7) is 8.10. The lowest BCUT2D eigenvalue weighted by atomic mass is 10.0. The zero-order valence-corrected chi connectivity index (χ0v) is 17.9. The lowest BCUT2D eigenvalue weighted by Crippen LogP contribution is -2.55. The highest BCUT2D eigenvalue weighted by Gasteiger charge is 2.32. The normalized spacial score (nSPS) is 17.3. The number of nitrogens with zero attached hydrogens (tertiary/aromatic N) is 4. The predicted octanol–water partition coefficient (Wildman–Crippen LogP) is 1.88. The number of carbonyl (C=O) groups excluding carboxylic acids is 1. The molecule has 1 heterocycles. The molecule has 1 aromatic carbocycles. The number of nitriles is 1. The zero-order valence-electron chi connectivity index (χ0n) is 17.1. The van der Waals surface area contributed by atoms with Gasteiger partial charge in [-0.2, -0.15) is 9.57 Å². The Balaban J connectivity index is 1.98. The smallest absolute Gasteiger partial charge is 0.243 e. The molecule has 28 heavy (non-hydrogen) atoms. The molecule has 7 nitrogen and oxygen atoms in total. The Labute approximate surface area is 168 Å². The number of sulfonamides is 1. The van der Waals surface area contributed by atoms with Gasteiger partial charge in [0.25, 0.3) is 0 Å². The summed E-state index contributed by atoms with van der Waals surface area (Å²) < 4.78 is 27.3. The monoisotopic (exact) mass is 406 g/mol. The van der Waals surface area contributed by atoms with E-state index in [0.717, 1.165) is 5.56 Å². The van der Waals surface area contributed by atoms with Crippen molar-refractivity contribution < 1.29 is 13.2 Å². The molecule has 1 atom stereocenters. The van der Waals surface area contributed by atoms with Crippen LogP contribution >= 0.6 is 0 Å². The van der Waals surface area contributed by atoms with E-state index < -0.39 is 10.0 Å². The summed E-state index contributed by atoms with van der Waals surface area (Å²) >= 11 is 0. The fraction of sp³-hybridized carbons (Fsp3) is 0.600. The first-order chi connectivity index (χ1) is 13.2. The van der Waals surface area contributed by atoms with E-state index in [-0.39, 0.29) is 11.9 Å². The summed E-state index contributed by atoms with van der Waals surface area (Å²) in [7, 11) is -1.83. The van der Waals surface area contributed by atoms with E-state index >= 15 is 0 Å². The second-order valence-electron chi connectivity index (χ2n) is 7.51. The van der Waals surface area contributed by atoms with E-state index in [1.165, 1.54) is 4.31 Å². The van der Waals surface area contributed by atoms with Crippen molar-refractivity contribution in [2.75, 3.05) is 39.8 Å². The summed E-state index contributed by atoms with van der Waals surface area (Å²) in [6, 6.07) is 8.79. The van der Waals surface area contributed by atoms with Crippen LogP contribution in [0, 0.1) is 11.3 Å². The van der Waals surface area contributed by atoms with E-state index in [0.29, 0.717) is 50.0 Å². The molecule has 0 radical (unpaired) electrons. The van der Waals surface area contributed by atoms with Crippen LogP contribution in [0.2, 0.25) is 0 Å². The highest BCUT2D eigenvalue weighted by atomic mass is 32.2. The molecule has 0 bridgehead atoms. The van der Waals surface area contributed by atoms with Gasteiger partial charge in [-0.3, -0.25) is 9.69 Å². The van der Waals surface area contributed by atoms with Crippen molar-refractivity contribution in [2.24, 2.45) is 0 Å². The molecule has 0 spiro atoms. The summed E-state index contributed by atoms with van der Waals surface area (Å²) in [6.07, 6.45) is 0.302. The molecule has 8 heteroatoms. The Kier molecular flexibility index (Phi) is 7.58. The average Bonchev–Trinajstić information content (AvgIpc) is 2.71. The van der Waals surface area contributed by atoms with Crippen LogP contribution in [0.15, 0.2) is 29.2 Å². The number of benzene rings is 1. The number of hydrogen-bond acceptors (Lipinski definition) is 5. The van der Waals surface area contributed by atoms with Crippen LogP contribution in [-0.2, 0) is 14.8 Å². The van der Waals surface area contributed by atoms with Crippen LogP contribution in [0.4, 0.5) is 0 Å². The van der Waals surface area contributed by atoms with Crippen LogP contribution in [0.5, 0.6) is 0 Å². The Morgan fingerprint density at radius 1 is 1.14 bits per heavy atom. The standard InChI is InChI=1S/C20H30N4O3S/c1-16(2)18-6-8-19(9-7-18)28(26,27)24-14-12-23(13-15-24)17(3)20(25)22(4)11-5-10-21/h6-9,16-17H,5,11-15H2,1-4H3. The van der Waals surface area contributed by atoms with Crippen LogP contribution in [0.1, 0.15) is 38.7 Å². The van der Waals surface area contributed by atoms with Crippen LogP contribution in [-0.4, -0.2) is 74.2 Å². The van der Waals surface area contributed by atoms with Crippen LogP contribution in [0.25, 0.3) is 0 Å². The molecule has 1 aliphatic rings. The average molecular weight is 407 g/mol. The minimum atomic E-state index is -3.53. The van der Waals surface area contributed by atoms with Gasteiger partial charge in [0.15, 0.2) is 0 Å². The number of hydrogen-bond donors (Lipinski definition) is 0. The van der Waals surface area contributed by atoms with Gasteiger partial charge in [0.1, 0.15) is 0 Å². The molecule has 1 amide bonds. The molecule has 1 fully saturated rings. The second kappa shape index (κ2) is 9.50. The Bertz CT molecular complexity index is 807. The van der Waals surface area contributed by atoms with Gasteiger partial charge in [0, 0.05) is 39.8 Å². The minimum absolute atomic E-state index is 0.0455. The molecule has 0 aromatic heterocycles. The maximum absolute atomic E-state index is 12.9. The molecule has 1 aromatic rings. The van der Waals surface area contributed by atoms with E-state index in [9.17, 15) is 13.2 Å². The van der Waals surface area contributed by atoms with Crippen molar-refractivity contribution in [3.63, 3.8) is 0 Å². The van der Waals surface area contributed by atoms with Gasteiger partial charge < -0.3 is 4.90 Å². The van der Waals surface area contributed by atoms with E-state index in [1.807, 2.05) is 30.0 Å². The molecule has 1 aliphatic heterocycles. The lowest BCUT2D eigenvalue weighted by Gasteiger charge is -2.37. The molecular formula is C20H30N4O3S. The fourth-order valence-corrected chi connectivity index (χ4v) is 4.73. The number of piperazine rings is 1. The summed E-state index contributed by atoms with van der Waals surface area (Å²) in [4.78, 5) is 16.4. The van der Waals surface area contributed by atoms with Crippen molar-refractivity contribution in [3.8, 4) is 6.07 Å². The van der Waals surface area contributed by atoms with Gasteiger partial charge in [0.2, 0.25) is 15.9 Å². The summed E-state index contributed by atoms with van der Waals surface area (Å²) in [5.41, 5.74) is 1.11. The van der Waals surface area contributed by atoms with E-state index in [2.05, 4.69) is 13.8 Å². The van der Waals surface area contributed by atoms with Gasteiger partial charge in [-0.05, 0) is 30.5 Å². The van der Waals surface area contributed by atoms with Crippen molar-refractivity contribution in [1.82, 2.24) is 14.1 Å². The lowest BCUT2D eigenvalue weighted by molar-refractivity contribution is -0.135. The molecule has 0 N–H and O–H groups in total. The Morgan fingerprint density at radius 3 is 2.21 bits per heavy atom. The van der Waals surface area contributed by atoms with Gasteiger partial charge in [0.05, 0.1) is 23.4 Å². The molecule has 2 rings (SSSR count). The number of amides is 1. The molecule has 154 valence electrons. The molecular weight excluding hydrogens is 376 g/mol. The third kappa shape index (κ3) is 5.10. The van der Waals surface area contributed by atoms with Gasteiger partial charge >= 0.3 is 0 Å². The number of likely N-dealkylation sites (N-methyl/N-ethyl adjacent to an activating group) is 1. The van der Waals surface area contributed by atoms with Gasteiger partial charge in [-0.25, -0.2) is 8.42 Å². The van der Waals surface area contributed by atoms with Gasteiger partial charge in [-0.1, -0.05) is 26.0 Å². The third-order valence-electron chi connectivity index (χ3n) is 5.30. The van der Waals surface area contributed by atoms with E-state index in [4.69, 9.17) is 5.26 Å². The molecule has 0 aliphatic carbocycles. The van der Waals surface area contributed by atoms with Crippen molar-refractivity contribution in [1.29, 1.82) is 5.26 Å². The van der Waals surface area contributed by atoms with Crippen molar-refractivity contribution >= 4 is 15.9 Å². The van der Waals surface area contributed by atoms with Crippen LogP contribution < -0.4 is 0 Å². The fourth-order valence-electron chi connectivity index (χ4n) is 3.31. The van der Waals surface area contributed by atoms with Crippen LogP contribution in [0.3, 0.4) is 0 Å². The predicted molar refractivity (Wildman–Crippen MR) is 108 cm³/mol. The highest BCUT2D eigenvalue weighted by molar-refractivity contribution is 7.89. The maximum Gasteiger partial charge on any atom is 0.243 e. The second-order valence-corrected chi connectivity index (χ2v) is 9.45.